The zero-order valence-electron chi connectivity index (χ0n) is 9.78. The maximum atomic E-state index is 10.7. The molecule has 15 heavy (non-hydrogen) atoms. The highest BCUT2D eigenvalue weighted by molar-refractivity contribution is 5.05. The lowest BCUT2D eigenvalue weighted by Crippen LogP contribution is -2.48. The second-order valence-corrected chi connectivity index (χ2v) is 5.99. The molecule has 0 aromatic heterocycles. The Labute approximate surface area is 92.7 Å². The van der Waals surface area contributed by atoms with Crippen LogP contribution >= 0.6 is 0 Å². The molecule has 0 bridgehead atoms. The van der Waals surface area contributed by atoms with Gasteiger partial charge in [0.25, 0.3) is 0 Å². The average Bonchev–Trinajstić information content (AvgIpc) is 2.85. The quantitative estimate of drug-likeness (QED) is 0.715. The van der Waals surface area contributed by atoms with Crippen molar-refractivity contribution in [3.8, 4) is 0 Å². The van der Waals surface area contributed by atoms with Crippen molar-refractivity contribution < 1.29 is 5.11 Å². The molecule has 0 amide bonds. The Kier molecular flexibility index (Phi) is 2.33. The van der Waals surface area contributed by atoms with E-state index in [1.54, 1.807) is 0 Å². The monoisotopic (exact) mass is 209 g/mol. The van der Waals surface area contributed by atoms with Gasteiger partial charge < -0.3 is 5.11 Å². The molecule has 0 radical (unpaired) electrons. The van der Waals surface area contributed by atoms with E-state index >= 15 is 0 Å². The molecule has 0 aromatic carbocycles. The van der Waals surface area contributed by atoms with Gasteiger partial charge in [0.1, 0.15) is 0 Å². The molecule has 2 aliphatic carbocycles. The topological polar surface area (TPSA) is 23.5 Å². The molecule has 2 heteroatoms. The summed E-state index contributed by atoms with van der Waals surface area (Å²) >= 11 is 0. The van der Waals surface area contributed by atoms with Gasteiger partial charge in [-0.3, -0.25) is 4.90 Å². The minimum Gasteiger partial charge on any atom is -0.388 e. The summed E-state index contributed by atoms with van der Waals surface area (Å²) in [6.45, 7) is 0. The summed E-state index contributed by atoms with van der Waals surface area (Å²) in [5.41, 5.74) is -0.334. The van der Waals surface area contributed by atoms with E-state index < -0.39 is 0 Å². The molecule has 1 heterocycles. The number of likely N-dealkylation sites (N-methyl/N-ethyl adjacent to an activating group) is 1. The smallest absolute Gasteiger partial charge is 0.0802 e. The summed E-state index contributed by atoms with van der Waals surface area (Å²) < 4.78 is 0. The Hall–Kier alpha value is -0.0800. The fraction of sp³-hybridized carbons (Fsp3) is 1.00. The van der Waals surface area contributed by atoms with E-state index in [-0.39, 0.29) is 5.60 Å². The van der Waals surface area contributed by atoms with Crippen LogP contribution in [0.1, 0.15) is 51.4 Å². The number of hydrogen-bond donors (Lipinski definition) is 1. The summed E-state index contributed by atoms with van der Waals surface area (Å²) in [4.78, 5) is 2.52. The summed E-state index contributed by atoms with van der Waals surface area (Å²) in [5, 5.41) is 10.7. The first kappa shape index (κ1) is 10.1. The molecule has 2 saturated carbocycles. The predicted molar refractivity (Wildman–Crippen MR) is 60.7 cm³/mol. The summed E-state index contributed by atoms with van der Waals surface area (Å²) in [6, 6.07) is 1.26. The molecule has 3 fully saturated rings. The Bertz CT molecular complexity index is 247. The van der Waals surface area contributed by atoms with E-state index in [2.05, 4.69) is 11.9 Å². The first-order valence-electron chi connectivity index (χ1n) is 6.65. The Morgan fingerprint density at radius 1 is 1.13 bits per heavy atom. The molecular formula is C13H23NO. The van der Waals surface area contributed by atoms with Crippen LogP contribution in [0.15, 0.2) is 0 Å². The lowest BCUT2D eigenvalue weighted by Gasteiger charge is -2.36. The molecule has 1 aliphatic heterocycles. The number of likely N-dealkylation sites (tertiary alicyclic amines) is 1. The Morgan fingerprint density at radius 3 is 2.53 bits per heavy atom. The summed E-state index contributed by atoms with van der Waals surface area (Å²) in [5.74, 6) is 0.893. The minimum atomic E-state index is -0.334. The van der Waals surface area contributed by atoms with Crippen LogP contribution in [0.3, 0.4) is 0 Å². The van der Waals surface area contributed by atoms with Crippen molar-refractivity contribution in [2.75, 3.05) is 7.05 Å². The van der Waals surface area contributed by atoms with Crippen LogP contribution in [-0.2, 0) is 0 Å². The van der Waals surface area contributed by atoms with E-state index in [1.165, 1.54) is 38.5 Å². The van der Waals surface area contributed by atoms with Crippen LogP contribution in [0.25, 0.3) is 0 Å². The van der Waals surface area contributed by atoms with Gasteiger partial charge in [-0.25, -0.2) is 0 Å². The fourth-order valence-corrected chi connectivity index (χ4v) is 4.43. The van der Waals surface area contributed by atoms with E-state index in [0.29, 0.717) is 6.04 Å². The van der Waals surface area contributed by atoms with Crippen LogP contribution < -0.4 is 0 Å². The zero-order chi connectivity index (χ0) is 10.5. The largest absolute Gasteiger partial charge is 0.388 e. The van der Waals surface area contributed by atoms with Gasteiger partial charge >= 0.3 is 0 Å². The number of nitrogens with zero attached hydrogens (tertiary/aromatic N) is 1. The molecule has 86 valence electrons. The third kappa shape index (κ3) is 1.45. The Balaban J connectivity index is 1.77. The lowest BCUT2D eigenvalue weighted by molar-refractivity contribution is -0.0282. The fourth-order valence-electron chi connectivity index (χ4n) is 4.43. The van der Waals surface area contributed by atoms with Crippen LogP contribution in [0, 0.1) is 5.92 Å². The predicted octanol–water partition coefficient (Wildman–Crippen LogP) is 2.16. The van der Waals surface area contributed by atoms with Crippen molar-refractivity contribution in [3.63, 3.8) is 0 Å². The third-order valence-electron chi connectivity index (χ3n) is 5.25. The maximum Gasteiger partial charge on any atom is 0.0802 e. The first-order valence-corrected chi connectivity index (χ1v) is 6.65. The molecular weight excluding hydrogens is 186 g/mol. The highest BCUT2D eigenvalue weighted by Gasteiger charge is 2.50. The molecule has 1 N–H and O–H groups in total. The van der Waals surface area contributed by atoms with E-state index in [4.69, 9.17) is 0 Å². The maximum absolute atomic E-state index is 10.7. The number of hydrogen-bond acceptors (Lipinski definition) is 2. The molecule has 1 saturated heterocycles. The SMILES string of the molecule is CN1[C@@H]2CCC[C@@H]2C[C@@H]1C1(O)CCCC1. The number of fused-ring (bicyclic) bond motifs is 1. The van der Waals surface area contributed by atoms with Gasteiger partial charge in [0.15, 0.2) is 0 Å². The van der Waals surface area contributed by atoms with Gasteiger partial charge in [-0.1, -0.05) is 19.3 Å². The minimum absolute atomic E-state index is 0.334. The number of rotatable bonds is 1. The van der Waals surface area contributed by atoms with Crippen LogP contribution in [0.5, 0.6) is 0 Å². The van der Waals surface area contributed by atoms with Gasteiger partial charge in [0, 0.05) is 12.1 Å². The second-order valence-electron chi connectivity index (χ2n) is 5.99. The van der Waals surface area contributed by atoms with E-state index in [9.17, 15) is 5.11 Å². The summed E-state index contributed by atoms with van der Waals surface area (Å²) in [7, 11) is 2.25. The van der Waals surface area contributed by atoms with Crippen LogP contribution in [-0.4, -0.2) is 34.7 Å². The van der Waals surface area contributed by atoms with Crippen molar-refractivity contribution in [2.24, 2.45) is 5.92 Å². The van der Waals surface area contributed by atoms with Gasteiger partial charge in [-0.05, 0) is 45.1 Å². The average molecular weight is 209 g/mol. The van der Waals surface area contributed by atoms with Crippen molar-refractivity contribution >= 4 is 0 Å². The van der Waals surface area contributed by atoms with Gasteiger partial charge in [-0.15, -0.1) is 0 Å². The Morgan fingerprint density at radius 2 is 1.87 bits per heavy atom. The lowest BCUT2D eigenvalue weighted by atomic mass is 9.88. The normalized spacial score (nSPS) is 44.8. The van der Waals surface area contributed by atoms with Crippen molar-refractivity contribution in [1.29, 1.82) is 0 Å². The molecule has 0 aromatic rings. The second kappa shape index (κ2) is 3.46. The zero-order valence-corrected chi connectivity index (χ0v) is 9.78. The molecule has 0 unspecified atom stereocenters. The summed E-state index contributed by atoms with van der Waals surface area (Å²) in [6.07, 6.45) is 9.99. The molecule has 2 nitrogen and oxygen atoms in total. The molecule has 3 aliphatic rings. The van der Waals surface area contributed by atoms with Gasteiger partial charge in [-0.2, -0.15) is 0 Å². The van der Waals surface area contributed by atoms with Crippen molar-refractivity contribution in [2.45, 2.75) is 69.1 Å². The standard InChI is InChI=1S/C13H23NO/c1-14-11-6-4-5-10(11)9-12(14)13(15)7-2-3-8-13/h10-12,15H,2-9H2,1H3/t10-,11-,12-/m1/s1. The molecule has 3 atom stereocenters. The van der Waals surface area contributed by atoms with Gasteiger partial charge in [0.05, 0.1) is 5.60 Å². The third-order valence-corrected chi connectivity index (χ3v) is 5.25. The number of aliphatic hydroxyl groups is 1. The van der Waals surface area contributed by atoms with E-state index in [1.807, 2.05) is 0 Å². The highest BCUT2D eigenvalue weighted by Crippen LogP contribution is 2.47. The molecule has 3 rings (SSSR count). The van der Waals surface area contributed by atoms with E-state index in [0.717, 1.165) is 24.8 Å². The van der Waals surface area contributed by atoms with Crippen LogP contribution in [0.2, 0.25) is 0 Å². The first-order chi connectivity index (χ1) is 7.21. The van der Waals surface area contributed by atoms with Crippen molar-refractivity contribution in [3.05, 3.63) is 0 Å². The highest BCUT2D eigenvalue weighted by atomic mass is 16.3. The molecule has 0 spiro atoms. The van der Waals surface area contributed by atoms with Crippen LogP contribution in [0.4, 0.5) is 0 Å². The van der Waals surface area contributed by atoms with Gasteiger partial charge in [0.2, 0.25) is 0 Å². The van der Waals surface area contributed by atoms with Crippen molar-refractivity contribution in [1.82, 2.24) is 4.90 Å².